The first kappa shape index (κ1) is 63.3. The molecular formula is C49H92O14P2. The maximum atomic E-state index is 12.7. The summed E-state index contributed by atoms with van der Waals surface area (Å²) in [6.07, 6.45) is 38.6. The highest BCUT2D eigenvalue weighted by Crippen LogP contribution is 2.44. The normalized spacial score (nSPS) is 14.4. The predicted molar refractivity (Wildman–Crippen MR) is 258 cm³/mol. The second kappa shape index (κ2) is 43.5. The first-order chi connectivity index (χ1) is 31.2. The number of ether oxygens (including phenoxy) is 2. The van der Waals surface area contributed by atoms with Gasteiger partial charge in [-0.3, -0.25) is 28.0 Å². The molecular weight excluding hydrogens is 874 g/mol. The maximum Gasteiger partial charge on any atom is 0.472 e. The van der Waals surface area contributed by atoms with E-state index in [1.54, 1.807) is 12.2 Å². The van der Waals surface area contributed by atoms with Crippen molar-refractivity contribution in [1.29, 1.82) is 0 Å². The predicted octanol–water partition coefficient (Wildman–Crippen LogP) is 12.9. The van der Waals surface area contributed by atoms with Gasteiger partial charge in [-0.1, -0.05) is 193 Å². The van der Waals surface area contributed by atoms with Gasteiger partial charge >= 0.3 is 27.6 Å². The summed E-state index contributed by atoms with van der Waals surface area (Å²) in [5.41, 5.74) is 0. The third kappa shape index (κ3) is 47.1. The van der Waals surface area contributed by atoms with Gasteiger partial charge in [0.2, 0.25) is 0 Å². The largest absolute Gasteiger partial charge is 0.472 e. The van der Waals surface area contributed by atoms with Gasteiger partial charge in [-0.15, -0.1) is 0 Å². The van der Waals surface area contributed by atoms with Crippen LogP contribution in [0.1, 0.15) is 226 Å². The molecule has 0 aliphatic heterocycles. The minimum absolute atomic E-state index is 0.118. The number of phosphoric ester groups is 2. The molecule has 16 heteroatoms. The molecule has 0 aromatic heterocycles. The van der Waals surface area contributed by atoms with Crippen LogP contribution in [0.25, 0.3) is 0 Å². The number of allylic oxidation sites excluding steroid dienone is 4. The quantitative estimate of drug-likeness (QED) is 0.0147. The van der Waals surface area contributed by atoms with Crippen molar-refractivity contribution in [3.05, 3.63) is 24.3 Å². The van der Waals surface area contributed by atoms with E-state index in [0.717, 1.165) is 76.5 Å². The van der Waals surface area contributed by atoms with E-state index >= 15 is 0 Å². The third-order valence-corrected chi connectivity index (χ3v) is 12.8. The number of rotatable bonds is 48. The van der Waals surface area contributed by atoms with Gasteiger partial charge in [-0.2, -0.15) is 0 Å². The van der Waals surface area contributed by atoms with Gasteiger partial charge < -0.3 is 29.3 Å². The minimum Gasteiger partial charge on any atom is -0.462 e. The number of carbonyl (C=O) groups excluding carboxylic acids is 3. The van der Waals surface area contributed by atoms with Gasteiger partial charge in [0.05, 0.1) is 19.8 Å². The lowest BCUT2D eigenvalue weighted by Crippen LogP contribution is -2.30. The zero-order valence-electron chi connectivity index (χ0n) is 40.8. The number of carbonyl (C=O) groups is 3. The van der Waals surface area contributed by atoms with E-state index in [1.165, 1.54) is 103 Å². The van der Waals surface area contributed by atoms with E-state index in [4.69, 9.17) is 28.3 Å². The van der Waals surface area contributed by atoms with Crippen molar-refractivity contribution in [1.82, 2.24) is 0 Å². The second-order valence-corrected chi connectivity index (χ2v) is 20.4. The number of aliphatic hydroxyl groups is 1. The van der Waals surface area contributed by atoms with Crippen LogP contribution in [0.3, 0.4) is 0 Å². The van der Waals surface area contributed by atoms with E-state index in [2.05, 4.69) is 25.3 Å². The lowest BCUT2D eigenvalue weighted by Gasteiger charge is -2.20. The van der Waals surface area contributed by atoms with Gasteiger partial charge in [0.25, 0.3) is 0 Å². The first-order valence-electron chi connectivity index (χ1n) is 25.4. The summed E-state index contributed by atoms with van der Waals surface area (Å²) in [7, 11) is -9.70. The fraction of sp³-hybridized carbons (Fsp3) is 0.857. The number of hydrogen-bond acceptors (Lipinski definition) is 11. The zero-order valence-corrected chi connectivity index (χ0v) is 42.6. The number of esters is 2. The molecule has 0 aliphatic rings. The fourth-order valence-electron chi connectivity index (χ4n) is 7.07. The lowest BCUT2D eigenvalue weighted by atomic mass is 9.99. The smallest absolute Gasteiger partial charge is 0.462 e. The number of aliphatic hydroxyl groups excluding tert-OH is 1. The summed E-state index contributed by atoms with van der Waals surface area (Å²) >= 11 is 0. The number of phosphoric acid groups is 2. The molecule has 65 heavy (non-hydrogen) atoms. The lowest BCUT2D eigenvalue weighted by molar-refractivity contribution is -0.161. The molecule has 4 atom stereocenters. The minimum atomic E-state index is -4.87. The van der Waals surface area contributed by atoms with Crippen LogP contribution in [-0.2, 0) is 46.6 Å². The Hall–Kier alpha value is -1.73. The molecule has 0 fully saturated rings. The molecule has 0 aromatic rings. The molecule has 0 heterocycles. The first-order valence-corrected chi connectivity index (χ1v) is 28.4. The van der Waals surface area contributed by atoms with E-state index in [9.17, 15) is 33.5 Å². The van der Waals surface area contributed by atoms with Crippen molar-refractivity contribution in [3.63, 3.8) is 0 Å². The van der Waals surface area contributed by atoms with Crippen molar-refractivity contribution in [2.24, 2.45) is 5.92 Å². The summed E-state index contributed by atoms with van der Waals surface area (Å²) in [6.45, 7) is 3.98. The Bertz CT molecular complexity index is 1320. The average Bonchev–Trinajstić information content (AvgIpc) is 3.26. The maximum absolute atomic E-state index is 12.7. The zero-order chi connectivity index (χ0) is 48.3. The van der Waals surface area contributed by atoms with Crippen LogP contribution in [0.15, 0.2) is 24.3 Å². The number of unbranched alkanes of at least 4 members (excludes halogenated alkanes) is 24. The Morgan fingerprint density at radius 3 is 1.52 bits per heavy atom. The van der Waals surface area contributed by atoms with Gasteiger partial charge in [-0.05, 0) is 44.1 Å². The number of hydrogen-bond donors (Lipinski definition) is 4. The summed E-state index contributed by atoms with van der Waals surface area (Å²) in [4.78, 5) is 64.7. The molecule has 0 aromatic carbocycles. The van der Waals surface area contributed by atoms with Crippen LogP contribution in [-0.4, -0.2) is 76.1 Å². The topological polar surface area (TPSA) is 212 Å². The fourth-order valence-corrected chi connectivity index (χ4v) is 8.23. The van der Waals surface area contributed by atoms with Gasteiger partial charge in [0, 0.05) is 19.3 Å². The Balaban J connectivity index is 4.42. The van der Waals surface area contributed by atoms with E-state index in [0.29, 0.717) is 19.3 Å². The van der Waals surface area contributed by atoms with Crippen LogP contribution in [0.2, 0.25) is 0 Å². The second-order valence-electron chi connectivity index (χ2n) is 17.7. The molecule has 382 valence electrons. The van der Waals surface area contributed by atoms with Crippen molar-refractivity contribution in [3.8, 4) is 0 Å². The van der Waals surface area contributed by atoms with Crippen LogP contribution < -0.4 is 0 Å². The Morgan fingerprint density at radius 1 is 0.538 bits per heavy atom. The monoisotopic (exact) mass is 967 g/mol. The summed E-state index contributed by atoms with van der Waals surface area (Å²) in [5, 5.41) is 9.77. The van der Waals surface area contributed by atoms with Crippen LogP contribution in [0, 0.1) is 5.92 Å². The summed E-state index contributed by atoms with van der Waals surface area (Å²) in [6, 6.07) is 0. The highest BCUT2D eigenvalue weighted by Gasteiger charge is 2.28. The van der Waals surface area contributed by atoms with Gasteiger partial charge in [0.15, 0.2) is 11.9 Å². The third-order valence-electron chi connectivity index (χ3n) is 11.3. The highest BCUT2D eigenvalue weighted by molar-refractivity contribution is 7.47. The van der Waals surface area contributed by atoms with E-state index in [-0.39, 0.29) is 18.6 Å². The Kier molecular flexibility index (Phi) is 42.4. The van der Waals surface area contributed by atoms with Crippen LogP contribution in [0.5, 0.6) is 0 Å². The SMILES string of the molecule is CCCCCC(=O)/C=C/C=C\CCCCCCCC(=O)OC[C@H](COP(=O)(O)OC[C@@H](O)COP(=O)(O)O)OC(=O)CCCCCCCCCCCCCCCCCCCCC(C)CC. The van der Waals surface area contributed by atoms with Gasteiger partial charge in [0.1, 0.15) is 12.7 Å². The summed E-state index contributed by atoms with van der Waals surface area (Å²) in [5.74, 6) is -0.0501. The Morgan fingerprint density at radius 2 is 1.00 bits per heavy atom. The molecule has 0 saturated carbocycles. The molecule has 0 spiro atoms. The molecule has 14 nitrogen and oxygen atoms in total. The van der Waals surface area contributed by atoms with E-state index in [1.807, 2.05) is 12.2 Å². The molecule has 0 aliphatic carbocycles. The molecule has 2 unspecified atom stereocenters. The van der Waals surface area contributed by atoms with Crippen molar-refractivity contribution in [2.75, 3.05) is 26.4 Å². The van der Waals surface area contributed by atoms with Crippen LogP contribution >= 0.6 is 15.6 Å². The van der Waals surface area contributed by atoms with Crippen molar-refractivity contribution < 1.29 is 66.3 Å². The molecule has 0 saturated heterocycles. The average molecular weight is 967 g/mol. The standard InChI is InChI=1S/C49H92O14P2/c1-4-6-30-36-45(50)37-32-27-23-19-17-21-24-28-33-38-48(52)59-42-47(43-62-65(57,58)61-41-46(51)40-60-64(54,55)56)63-49(53)39-34-29-25-20-16-14-12-10-8-7-9-11-13-15-18-22-26-31-35-44(3)5-2/h23,27,32,37,44,46-47,51H,4-22,24-26,28-31,33-36,38-43H2,1-3H3,(H,57,58)(H2,54,55,56)/b27-23-,37-32+/t44?,46-,47+/m0/s1. The Labute approximate surface area is 393 Å². The van der Waals surface area contributed by atoms with Crippen LogP contribution in [0.4, 0.5) is 0 Å². The van der Waals surface area contributed by atoms with Crippen molar-refractivity contribution >= 4 is 33.4 Å². The highest BCUT2D eigenvalue weighted by atomic mass is 31.2. The molecule has 0 bridgehead atoms. The molecule has 4 N–H and O–H groups in total. The van der Waals surface area contributed by atoms with Gasteiger partial charge in [-0.25, -0.2) is 9.13 Å². The number of ketones is 1. The van der Waals surface area contributed by atoms with E-state index < -0.39 is 66.2 Å². The molecule has 0 amide bonds. The molecule has 0 radical (unpaired) electrons. The van der Waals surface area contributed by atoms with Crippen molar-refractivity contribution in [2.45, 2.75) is 238 Å². The molecule has 0 rings (SSSR count). The summed E-state index contributed by atoms with van der Waals surface area (Å²) < 4.78 is 47.9.